The Morgan fingerprint density at radius 2 is 1.89 bits per heavy atom. The number of allylic oxidation sites excluding steroid dienone is 1. The molecule has 0 saturated carbocycles. The Balaban J connectivity index is 1.16. The number of benzene rings is 3. The van der Waals surface area contributed by atoms with Gasteiger partial charge in [0.1, 0.15) is 12.1 Å². The molecule has 2 amide bonds. The van der Waals surface area contributed by atoms with Gasteiger partial charge in [-0.2, -0.15) is 4.99 Å². The van der Waals surface area contributed by atoms with E-state index in [-0.39, 0.29) is 35.7 Å². The number of hydrogen-bond donors (Lipinski definition) is 0. The third-order valence-electron chi connectivity index (χ3n) is 7.08. The first-order chi connectivity index (χ1) is 22.0. The van der Waals surface area contributed by atoms with E-state index >= 15 is 0 Å². The number of ether oxygens (including phenoxy) is 1. The number of thioether (sulfide) groups is 1. The van der Waals surface area contributed by atoms with Crippen LogP contribution in [0.1, 0.15) is 55.7 Å². The minimum atomic E-state index is -4.76. The van der Waals surface area contributed by atoms with Gasteiger partial charge in [-0.25, -0.2) is 9.67 Å². The van der Waals surface area contributed by atoms with Gasteiger partial charge in [0.15, 0.2) is 11.0 Å². The van der Waals surface area contributed by atoms with Crippen LogP contribution in [-0.2, 0) is 9.59 Å². The molecule has 5 rings (SSSR count). The maximum atomic E-state index is 12.8. The van der Waals surface area contributed by atoms with Crippen LogP contribution < -0.4 is 9.64 Å². The summed E-state index contributed by atoms with van der Waals surface area (Å²) in [6, 6.07) is 19.0. The lowest BCUT2D eigenvalue weighted by atomic mass is 9.99. The van der Waals surface area contributed by atoms with Gasteiger partial charge in [0.2, 0.25) is 11.8 Å². The molecular weight excluding hydrogens is 615 g/mol. The SMILES string of the molecule is Cc1ccc(C(C)C)c(N2C(=O)CSC2=NC(=O)CCC/C=C/c2cccc(-c3ncn(-c4ccc(OC(F)(F)F)cc4)n3)c2)c1. The first kappa shape index (κ1) is 32.7. The lowest BCUT2D eigenvalue weighted by Crippen LogP contribution is -2.31. The number of rotatable bonds is 10. The third-order valence-corrected chi connectivity index (χ3v) is 8.00. The van der Waals surface area contributed by atoms with Crippen molar-refractivity contribution < 1.29 is 27.5 Å². The highest BCUT2D eigenvalue weighted by molar-refractivity contribution is 8.15. The normalized spacial score (nSPS) is 14.6. The number of nitrogens with zero attached hydrogens (tertiary/aromatic N) is 5. The molecule has 0 atom stereocenters. The molecular formula is C34H32F3N5O3S. The van der Waals surface area contributed by atoms with Crippen molar-refractivity contribution >= 4 is 40.5 Å². The zero-order chi connectivity index (χ0) is 32.8. The first-order valence-corrected chi connectivity index (χ1v) is 15.7. The fourth-order valence-electron chi connectivity index (χ4n) is 4.87. The molecule has 3 aromatic carbocycles. The molecule has 2 heterocycles. The summed E-state index contributed by atoms with van der Waals surface area (Å²) in [5.74, 6) is 0.263. The monoisotopic (exact) mass is 647 g/mol. The van der Waals surface area contributed by atoms with E-state index in [0.717, 1.165) is 27.9 Å². The Labute approximate surface area is 269 Å². The largest absolute Gasteiger partial charge is 0.573 e. The van der Waals surface area contributed by atoms with Gasteiger partial charge in [0.05, 0.1) is 17.1 Å². The van der Waals surface area contributed by atoms with Gasteiger partial charge in [-0.15, -0.1) is 18.3 Å². The van der Waals surface area contributed by atoms with Crippen LogP contribution in [0.4, 0.5) is 18.9 Å². The molecule has 8 nitrogen and oxygen atoms in total. The maximum absolute atomic E-state index is 12.8. The Bertz CT molecular complexity index is 1780. The van der Waals surface area contributed by atoms with E-state index in [0.29, 0.717) is 29.5 Å². The second-order valence-electron chi connectivity index (χ2n) is 11.0. The standard InChI is InChI=1S/C34H32F3N5O3S/c1-22(2)28-17-12-23(3)18-29(28)42-31(44)20-46-33(42)39-30(43)11-6-4-5-8-24-9-7-10-25(19-24)32-38-21-41(40-32)26-13-15-27(16-14-26)45-34(35,36)37/h5,7-10,12-19,21-22H,4,6,11,20H2,1-3H3/b8-5+,39-33?. The molecule has 0 radical (unpaired) electrons. The number of anilines is 1. The summed E-state index contributed by atoms with van der Waals surface area (Å²) < 4.78 is 42.7. The van der Waals surface area contributed by atoms with Gasteiger partial charge < -0.3 is 4.74 Å². The highest BCUT2D eigenvalue weighted by Gasteiger charge is 2.32. The van der Waals surface area contributed by atoms with Crippen LogP contribution in [0, 0.1) is 6.92 Å². The molecule has 12 heteroatoms. The molecule has 0 unspecified atom stereocenters. The van der Waals surface area contributed by atoms with E-state index in [1.807, 2.05) is 61.5 Å². The summed E-state index contributed by atoms with van der Waals surface area (Å²) >= 11 is 1.29. The number of carbonyl (C=O) groups is 2. The third kappa shape index (κ3) is 8.30. The van der Waals surface area contributed by atoms with E-state index in [9.17, 15) is 22.8 Å². The molecule has 0 bridgehead atoms. The van der Waals surface area contributed by atoms with Crippen LogP contribution >= 0.6 is 11.8 Å². The van der Waals surface area contributed by atoms with Gasteiger partial charge in [0.25, 0.3) is 0 Å². The molecule has 0 aliphatic carbocycles. The van der Waals surface area contributed by atoms with Gasteiger partial charge in [-0.3, -0.25) is 14.5 Å². The number of unbranched alkanes of at least 4 members (excludes halogenated alkanes) is 1. The number of alkyl halides is 3. The summed E-state index contributed by atoms with van der Waals surface area (Å²) in [7, 11) is 0. The zero-order valence-electron chi connectivity index (χ0n) is 25.5. The van der Waals surface area contributed by atoms with Gasteiger partial charge in [-0.05, 0) is 78.8 Å². The van der Waals surface area contributed by atoms with E-state index in [4.69, 9.17) is 0 Å². The minimum Gasteiger partial charge on any atom is -0.406 e. The van der Waals surface area contributed by atoms with E-state index in [2.05, 4.69) is 33.7 Å². The van der Waals surface area contributed by atoms with E-state index < -0.39 is 6.36 Å². The summed E-state index contributed by atoms with van der Waals surface area (Å²) in [5, 5.41) is 4.89. The highest BCUT2D eigenvalue weighted by atomic mass is 32.2. The molecule has 238 valence electrons. The van der Waals surface area contributed by atoms with Crippen molar-refractivity contribution in [2.45, 2.75) is 52.3 Å². The first-order valence-electron chi connectivity index (χ1n) is 14.7. The average Bonchev–Trinajstić information content (AvgIpc) is 3.63. The lowest BCUT2D eigenvalue weighted by molar-refractivity contribution is -0.274. The van der Waals surface area contributed by atoms with Gasteiger partial charge in [-0.1, -0.05) is 68.1 Å². The van der Waals surface area contributed by atoms with Crippen LogP contribution in [0.5, 0.6) is 5.75 Å². The van der Waals surface area contributed by atoms with Crippen molar-refractivity contribution in [3.63, 3.8) is 0 Å². The number of halogens is 3. The Morgan fingerprint density at radius 1 is 1.11 bits per heavy atom. The molecule has 1 fully saturated rings. The Hall–Kier alpha value is -4.71. The van der Waals surface area contributed by atoms with Crippen LogP contribution in [0.25, 0.3) is 23.2 Å². The van der Waals surface area contributed by atoms with Gasteiger partial charge >= 0.3 is 6.36 Å². The van der Waals surface area contributed by atoms with Gasteiger partial charge in [0, 0.05) is 12.0 Å². The number of aliphatic imine (C=N–C) groups is 1. The number of amidine groups is 1. The lowest BCUT2D eigenvalue weighted by Gasteiger charge is -2.22. The number of aromatic nitrogens is 3. The maximum Gasteiger partial charge on any atom is 0.573 e. The second kappa shape index (κ2) is 14.2. The Morgan fingerprint density at radius 3 is 2.63 bits per heavy atom. The minimum absolute atomic E-state index is 0.0789. The van der Waals surface area contributed by atoms with Crippen molar-refractivity contribution in [3.8, 4) is 22.8 Å². The van der Waals surface area contributed by atoms with Crippen molar-refractivity contribution in [1.29, 1.82) is 0 Å². The quantitative estimate of drug-likeness (QED) is 0.162. The van der Waals surface area contributed by atoms with Crippen molar-refractivity contribution in [1.82, 2.24) is 14.8 Å². The summed E-state index contributed by atoms with van der Waals surface area (Å²) in [5.41, 5.74) is 5.08. The number of carbonyl (C=O) groups excluding carboxylic acids is 2. The summed E-state index contributed by atoms with van der Waals surface area (Å²) in [6.45, 7) is 6.12. The van der Waals surface area contributed by atoms with Crippen molar-refractivity contribution in [2.75, 3.05) is 10.7 Å². The number of amides is 2. The average molecular weight is 648 g/mol. The predicted molar refractivity (Wildman–Crippen MR) is 174 cm³/mol. The molecule has 0 N–H and O–H groups in total. The Kier molecular flexibility index (Phi) is 10.1. The van der Waals surface area contributed by atoms with Crippen LogP contribution in [0.2, 0.25) is 0 Å². The highest BCUT2D eigenvalue weighted by Crippen LogP contribution is 2.34. The number of aryl methyl sites for hydroxylation is 1. The molecule has 4 aromatic rings. The van der Waals surface area contributed by atoms with E-state index in [1.54, 1.807) is 4.90 Å². The van der Waals surface area contributed by atoms with Crippen molar-refractivity contribution in [2.24, 2.45) is 4.99 Å². The predicted octanol–water partition coefficient (Wildman–Crippen LogP) is 8.11. The zero-order valence-corrected chi connectivity index (χ0v) is 26.3. The summed E-state index contributed by atoms with van der Waals surface area (Å²) in [6.07, 6.45) is 2.19. The van der Waals surface area contributed by atoms with Crippen LogP contribution in [-0.4, -0.2) is 43.9 Å². The topological polar surface area (TPSA) is 89.7 Å². The molecule has 1 saturated heterocycles. The fourth-order valence-corrected chi connectivity index (χ4v) is 5.75. The van der Waals surface area contributed by atoms with E-state index in [1.165, 1.54) is 47.0 Å². The number of hydrogen-bond acceptors (Lipinski definition) is 6. The molecule has 0 spiro atoms. The fraction of sp³-hybridized carbons (Fsp3) is 0.265. The molecule has 1 aromatic heterocycles. The molecule has 46 heavy (non-hydrogen) atoms. The van der Waals surface area contributed by atoms with Crippen LogP contribution in [0.3, 0.4) is 0 Å². The second-order valence-corrected chi connectivity index (χ2v) is 11.9. The molecule has 1 aliphatic rings. The molecule has 1 aliphatic heterocycles. The smallest absolute Gasteiger partial charge is 0.406 e. The summed E-state index contributed by atoms with van der Waals surface area (Å²) in [4.78, 5) is 35.8. The van der Waals surface area contributed by atoms with Crippen LogP contribution in [0.15, 0.2) is 84.1 Å². The van der Waals surface area contributed by atoms with Crippen molar-refractivity contribution in [3.05, 3.63) is 95.8 Å².